The van der Waals surface area contributed by atoms with Crippen molar-refractivity contribution in [3.05, 3.63) is 50.7 Å². The molecule has 7 heteroatoms. The minimum atomic E-state index is -0.149. The first-order valence-corrected chi connectivity index (χ1v) is 9.92. The summed E-state index contributed by atoms with van der Waals surface area (Å²) in [6, 6.07) is 6.03. The maximum absolute atomic E-state index is 12.4. The van der Waals surface area contributed by atoms with Gasteiger partial charge >= 0.3 is 0 Å². The van der Waals surface area contributed by atoms with E-state index in [4.69, 9.17) is 0 Å². The second kappa shape index (κ2) is 6.93. The third-order valence-corrected chi connectivity index (χ3v) is 6.48. The van der Waals surface area contributed by atoms with E-state index in [1.54, 1.807) is 35.1 Å². The number of hydrogen-bond donors (Lipinski definition) is 2. The standard InChI is InChI=1S/C18H18N4OS2/c1-11-4-5-14-12(7-11)8-16(25-14)18(23)22-20-10-13-9-19-21-17(13)15-3-2-6-24-15/h2-3,6,8-11H,4-5,7H2,1H3,(H,19,21)(H,22,23)/b20-10+. The van der Waals surface area contributed by atoms with E-state index in [9.17, 15) is 4.79 Å². The summed E-state index contributed by atoms with van der Waals surface area (Å²) in [7, 11) is 0. The highest BCUT2D eigenvalue weighted by atomic mass is 32.1. The third-order valence-electron chi connectivity index (χ3n) is 4.36. The van der Waals surface area contributed by atoms with Crippen molar-refractivity contribution in [2.75, 3.05) is 0 Å². The van der Waals surface area contributed by atoms with Gasteiger partial charge in [0, 0.05) is 10.4 Å². The molecule has 0 fully saturated rings. The summed E-state index contributed by atoms with van der Waals surface area (Å²) in [4.78, 5) is 15.5. The van der Waals surface area contributed by atoms with Gasteiger partial charge in [-0.3, -0.25) is 9.89 Å². The van der Waals surface area contributed by atoms with Gasteiger partial charge in [0.15, 0.2) is 0 Å². The summed E-state index contributed by atoms with van der Waals surface area (Å²) in [5, 5.41) is 13.2. The third kappa shape index (κ3) is 3.43. The van der Waals surface area contributed by atoms with E-state index in [1.165, 1.54) is 16.9 Å². The molecule has 1 atom stereocenters. The second-order valence-corrected chi connectivity index (χ2v) is 8.37. The predicted octanol–water partition coefficient (Wildman–Crippen LogP) is 4.09. The number of hydrogen-bond acceptors (Lipinski definition) is 5. The summed E-state index contributed by atoms with van der Waals surface area (Å²) in [6.45, 7) is 2.26. The van der Waals surface area contributed by atoms with Crippen molar-refractivity contribution in [3.63, 3.8) is 0 Å². The maximum atomic E-state index is 12.4. The van der Waals surface area contributed by atoms with Gasteiger partial charge < -0.3 is 0 Å². The molecule has 3 heterocycles. The number of aromatic amines is 1. The molecule has 3 aromatic rings. The molecular weight excluding hydrogens is 352 g/mol. The topological polar surface area (TPSA) is 70.1 Å². The smallest absolute Gasteiger partial charge is 0.276 e. The fourth-order valence-corrected chi connectivity index (χ4v) is 4.89. The van der Waals surface area contributed by atoms with Gasteiger partial charge in [0.1, 0.15) is 0 Å². The molecule has 1 unspecified atom stereocenters. The number of nitrogens with zero attached hydrogens (tertiary/aromatic N) is 2. The van der Waals surface area contributed by atoms with Crippen LogP contribution in [0.5, 0.6) is 0 Å². The van der Waals surface area contributed by atoms with Gasteiger partial charge in [-0.2, -0.15) is 10.2 Å². The lowest BCUT2D eigenvalue weighted by Crippen LogP contribution is -2.16. The Morgan fingerprint density at radius 3 is 3.28 bits per heavy atom. The molecule has 3 aromatic heterocycles. The zero-order valence-corrected chi connectivity index (χ0v) is 15.4. The zero-order valence-electron chi connectivity index (χ0n) is 13.8. The molecule has 1 amide bonds. The second-order valence-electron chi connectivity index (χ2n) is 6.28. The van der Waals surface area contributed by atoms with E-state index in [0.29, 0.717) is 5.92 Å². The molecule has 4 rings (SSSR count). The Bertz CT molecular complexity index is 908. The van der Waals surface area contributed by atoms with Gasteiger partial charge in [0.25, 0.3) is 5.91 Å². The molecule has 1 aliphatic carbocycles. The molecule has 0 aromatic carbocycles. The number of nitrogens with one attached hydrogen (secondary N) is 2. The highest BCUT2D eigenvalue weighted by Gasteiger charge is 2.20. The van der Waals surface area contributed by atoms with E-state index in [1.807, 2.05) is 23.6 Å². The lowest BCUT2D eigenvalue weighted by atomic mass is 9.90. The van der Waals surface area contributed by atoms with Crippen LogP contribution >= 0.6 is 22.7 Å². The molecular formula is C18H18N4OS2. The summed E-state index contributed by atoms with van der Waals surface area (Å²) < 4.78 is 0. The van der Waals surface area contributed by atoms with Gasteiger partial charge in [-0.1, -0.05) is 13.0 Å². The molecule has 2 N–H and O–H groups in total. The van der Waals surface area contributed by atoms with Crippen LogP contribution in [0, 0.1) is 5.92 Å². The highest BCUT2D eigenvalue weighted by Crippen LogP contribution is 2.32. The monoisotopic (exact) mass is 370 g/mol. The lowest BCUT2D eigenvalue weighted by Gasteiger charge is -2.16. The molecule has 128 valence electrons. The highest BCUT2D eigenvalue weighted by molar-refractivity contribution is 7.14. The lowest BCUT2D eigenvalue weighted by molar-refractivity contribution is 0.0959. The Hall–Kier alpha value is -2.25. The van der Waals surface area contributed by atoms with Crippen LogP contribution in [0.1, 0.15) is 39.0 Å². The van der Waals surface area contributed by atoms with E-state index in [-0.39, 0.29) is 5.91 Å². The molecule has 0 saturated heterocycles. The molecule has 0 saturated carbocycles. The Labute approximate surface area is 153 Å². The zero-order chi connectivity index (χ0) is 17.2. The molecule has 5 nitrogen and oxygen atoms in total. The van der Waals surface area contributed by atoms with Crippen molar-refractivity contribution in [2.45, 2.75) is 26.2 Å². The van der Waals surface area contributed by atoms with Crippen molar-refractivity contribution in [3.8, 4) is 10.6 Å². The molecule has 1 aliphatic rings. The molecule has 0 aliphatic heterocycles. The SMILES string of the molecule is CC1CCc2sc(C(=O)N/N=C/c3cn[nH]c3-c3cccs3)cc2C1. The average Bonchev–Trinajstić information content (AvgIpc) is 3.33. The van der Waals surface area contributed by atoms with Crippen LogP contribution in [0.2, 0.25) is 0 Å². The van der Waals surface area contributed by atoms with E-state index in [2.05, 4.69) is 27.6 Å². The predicted molar refractivity (Wildman–Crippen MR) is 102 cm³/mol. The summed E-state index contributed by atoms with van der Waals surface area (Å²) in [6.07, 6.45) is 6.69. The van der Waals surface area contributed by atoms with Crippen LogP contribution in [0.3, 0.4) is 0 Å². The number of aromatic nitrogens is 2. The Balaban J connectivity index is 1.44. The van der Waals surface area contributed by atoms with Gasteiger partial charge in [-0.15, -0.1) is 22.7 Å². The number of amides is 1. The van der Waals surface area contributed by atoms with Crippen LogP contribution in [0.15, 0.2) is 34.9 Å². The van der Waals surface area contributed by atoms with Crippen molar-refractivity contribution in [1.29, 1.82) is 0 Å². The average molecular weight is 371 g/mol. The largest absolute Gasteiger partial charge is 0.281 e. The number of hydrazone groups is 1. The van der Waals surface area contributed by atoms with Gasteiger partial charge in [0.2, 0.25) is 0 Å². The molecule has 25 heavy (non-hydrogen) atoms. The van der Waals surface area contributed by atoms with Crippen LogP contribution in [-0.4, -0.2) is 22.3 Å². The summed E-state index contributed by atoms with van der Waals surface area (Å²) in [5.74, 6) is 0.553. The number of thiophene rings is 2. The summed E-state index contributed by atoms with van der Waals surface area (Å²) in [5.41, 5.74) is 5.72. The van der Waals surface area contributed by atoms with Crippen molar-refractivity contribution < 1.29 is 4.79 Å². The van der Waals surface area contributed by atoms with E-state index in [0.717, 1.165) is 33.9 Å². The Morgan fingerprint density at radius 1 is 1.52 bits per heavy atom. The van der Waals surface area contributed by atoms with Crippen LogP contribution in [0.25, 0.3) is 10.6 Å². The van der Waals surface area contributed by atoms with Gasteiger partial charge in [-0.25, -0.2) is 5.43 Å². The number of H-pyrrole nitrogens is 1. The quantitative estimate of drug-likeness (QED) is 0.536. The van der Waals surface area contributed by atoms with Gasteiger partial charge in [-0.05, 0) is 48.3 Å². The van der Waals surface area contributed by atoms with E-state index >= 15 is 0 Å². The minimum absolute atomic E-state index is 0.149. The first-order chi connectivity index (χ1) is 12.2. The first-order valence-electron chi connectivity index (χ1n) is 8.23. The van der Waals surface area contributed by atoms with Crippen LogP contribution < -0.4 is 5.43 Å². The summed E-state index contributed by atoms with van der Waals surface area (Å²) >= 11 is 3.22. The number of carbonyl (C=O) groups is 1. The fourth-order valence-electron chi connectivity index (χ4n) is 3.04. The first kappa shape index (κ1) is 16.2. The van der Waals surface area contributed by atoms with Crippen LogP contribution in [0.4, 0.5) is 0 Å². The molecule has 0 spiro atoms. The number of fused-ring (bicyclic) bond motifs is 1. The fraction of sp³-hybridized carbons (Fsp3) is 0.278. The maximum Gasteiger partial charge on any atom is 0.281 e. The number of carbonyl (C=O) groups excluding carboxylic acids is 1. The van der Waals surface area contributed by atoms with Crippen molar-refractivity contribution >= 4 is 34.8 Å². The van der Waals surface area contributed by atoms with Crippen molar-refractivity contribution in [2.24, 2.45) is 11.0 Å². The minimum Gasteiger partial charge on any atom is -0.276 e. The van der Waals surface area contributed by atoms with Gasteiger partial charge in [0.05, 0.1) is 27.9 Å². The van der Waals surface area contributed by atoms with Crippen molar-refractivity contribution in [1.82, 2.24) is 15.6 Å². The Morgan fingerprint density at radius 2 is 2.44 bits per heavy atom. The molecule has 0 bridgehead atoms. The normalized spacial score (nSPS) is 16.9. The Kier molecular flexibility index (Phi) is 4.50. The number of rotatable bonds is 4. The van der Waals surface area contributed by atoms with E-state index < -0.39 is 0 Å². The van der Waals surface area contributed by atoms with Crippen LogP contribution in [-0.2, 0) is 12.8 Å². The number of aryl methyl sites for hydroxylation is 1. The molecule has 0 radical (unpaired) electrons.